The smallest absolute Gasteiger partial charge is 1.00 e. The number of halogens is 1. The van der Waals surface area contributed by atoms with Crippen LogP contribution in [0.25, 0.3) is 0 Å². The van der Waals surface area contributed by atoms with E-state index in [2.05, 4.69) is 6.92 Å². The summed E-state index contributed by atoms with van der Waals surface area (Å²) in [6.07, 6.45) is 0. The predicted octanol–water partition coefficient (Wildman–Crippen LogP) is -1.13. The summed E-state index contributed by atoms with van der Waals surface area (Å²) in [5, 5.41) is 0. The second-order valence-corrected chi connectivity index (χ2v) is 1.49. The molecule has 0 saturated heterocycles. The Labute approximate surface area is 81.2 Å². The molecule has 0 aliphatic heterocycles. The molecule has 0 aliphatic carbocycles. The molecule has 0 saturated carbocycles. The van der Waals surface area contributed by atoms with Gasteiger partial charge in [0.05, 0.1) is 0 Å². The summed E-state index contributed by atoms with van der Waals surface area (Å²) in [4.78, 5) is 0. The van der Waals surface area contributed by atoms with E-state index >= 15 is 0 Å². The van der Waals surface area contributed by atoms with Crippen LogP contribution in [0.3, 0.4) is 0 Å². The molecule has 0 atom stereocenters. The van der Waals surface area contributed by atoms with Crippen LogP contribution in [-0.4, -0.2) is 0 Å². The Morgan fingerprint density at radius 3 is 1.67 bits per heavy atom. The Kier molecular flexibility index (Phi) is 8.50. The summed E-state index contributed by atoms with van der Waals surface area (Å²) < 4.78 is 0. The zero-order valence-corrected chi connectivity index (χ0v) is 8.19. The van der Waals surface area contributed by atoms with E-state index in [0.29, 0.717) is 0 Å². The van der Waals surface area contributed by atoms with Gasteiger partial charge >= 0.3 is 26.2 Å². The minimum Gasteiger partial charge on any atom is -1.00 e. The SMILES string of the molecule is [CH2-]c1ccccc1.[Cl-].[Zr+2]. The molecule has 1 aromatic rings. The zero-order valence-electron chi connectivity index (χ0n) is 4.97. The quantitative estimate of drug-likeness (QED) is 0.483. The van der Waals surface area contributed by atoms with Gasteiger partial charge in [0.1, 0.15) is 0 Å². The molecule has 0 bridgehead atoms. The largest absolute Gasteiger partial charge is 2.00 e. The van der Waals surface area contributed by atoms with Gasteiger partial charge in [-0.25, -0.2) is 0 Å². The van der Waals surface area contributed by atoms with Crippen LogP contribution in [0.5, 0.6) is 0 Å². The zero-order chi connectivity index (χ0) is 5.11. The number of hydrogen-bond acceptors (Lipinski definition) is 0. The molecular weight excluding hydrogens is 211 g/mol. The maximum atomic E-state index is 3.72. The van der Waals surface area contributed by atoms with E-state index < -0.39 is 0 Å². The molecule has 0 N–H and O–H groups in total. The summed E-state index contributed by atoms with van der Waals surface area (Å²) in [6.45, 7) is 3.72. The van der Waals surface area contributed by atoms with Crippen LogP contribution in [0.4, 0.5) is 0 Å². The van der Waals surface area contributed by atoms with Crippen molar-refractivity contribution in [2.45, 2.75) is 0 Å². The molecule has 2 heteroatoms. The van der Waals surface area contributed by atoms with Crippen molar-refractivity contribution in [2.24, 2.45) is 0 Å². The first-order valence-electron chi connectivity index (χ1n) is 2.26. The molecule has 0 fully saturated rings. The van der Waals surface area contributed by atoms with Crippen molar-refractivity contribution in [1.29, 1.82) is 0 Å². The van der Waals surface area contributed by atoms with E-state index in [1.807, 2.05) is 30.3 Å². The average Bonchev–Trinajstić information content (AvgIpc) is 1.69. The molecule has 46 valence electrons. The fourth-order valence-corrected chi connectivity index (χ4v) is 0.478. The summed E-state index contributed by atoms with van der Waals surface area (Å²) >= 11 is 0. The third kappa shape index (κ3) is 4.75. The Bertz CT molecular complexity index is 139. The summed E-state index contributed by atoms with van der Waals surface area (Å²) in [5.41, 5.74) is 1.07. The van der Waals surface area contributed by atoms with Crippen LogP contribution in [-0.2, 0) is 26.2 Å². The van der Waals surface area contributed by atoms with Crippen LogP contribution in [0.15, 0.2) is 30.3 Å². The number of hydrogen-bond donors (Lipinski definition) is 0. The minimum absolute atomic E-state index is 0. The second-order valence-electron chi connectivity index (χ2n) is 1.49. The molecule has 1 rings (SSSR count). The molecule has 0 unspecified atom stereocenters. The number of benzene rings is 1. The van der Waals surface area contributed by atoms with Crippen molar-refractivity contribution in [2.75, 3.05) is 0 Å². The van der Waals surface area contributed by atoms with Gasteiger partial charge < -0.3 is 12.4 Å². The van der Waals surface area contributed by atoms with E-state index in [4.69, 9.17) is 0 Å². The summed E-state index contributed by atoms with van der Waals surface area (Å²) in [5.74, 6) is 0. The van der Waals surface area contributed by atoms with Crippen molar-refractivity contribution in [3.8, 4) is 0 Å². The Balaban J connectivity index is 0. The van der Waals surface area contributed by atoms with Gasteiger partial charge in [0.15, 0.2) is 0 Å². The van der Waals surface area contributed by atoms with Gasteiger partial charge in [-0.15, -0.1) is 12.1 Å². The van der Waals surface area contributed by atoms with Gasteiger partial charge in [0.2, 0.25) is 0 Å². The Hall–Kier alpha value is 0.263. The fourth-order valence-electron chi connectivity index (χ4n) is 0.478. The van der Waals surface area contributed by atoms with Crippen molar-refractivity contribution in [3.63, 3.8) is 0 Å². The topological polar surface area (TPSA) is 0 Å². The first-order chi connectivity index (χ1) is 3.39. The van der Waals surface area contributed by atoms with Crippen molar-refractivity contribution in [3.05, 3.63) is 42.8 Å². The third-order valence-electron chi connectivity index (χ3n) is 0.843. The predicted molar refractivity (Wildman–Crippen MR) is 30.9 cm³/mol. The van der Waals surface area contributed by atoms with Gasteiger partial charge in [-0.05, 0) is 0 Å². The molecule has 1 aromatic carbocycles. The molecule has 0 amide bonds. The molecule has 0 heterocycles. The molecular formula is C7H7ClZr. The maximum absolute atomic E-state index is 3.72. The van der Waals surface area contributed by atoms with Crippen molar-refractivity contribution < 1.29 is 38.6 Å². The van der Waals surface area contributed by atoms with E-state index in [1.54, 1.807) is 0 Å². The fraction of sp³-hybridized carbons (Fsp3) is 0. The van der Waals surface area contributed by atoms with Crippen LogP contribution >= 0.6 is 0 Å². The first kappa shape index (κ1) is 12.0. The van der Waals surface area contributed by atoms with Gasteiger partial charge in [-0.3, -0.25) is 0 Å². The van der Waals surface area contributed by atoms with E-state index in [0.717, 1.165) is 5.56 Å². The number of rotatable bonds is 0. The molecule has 0 nitrogen and oxygen atoms in total. The van der Waals surface area contributed by atoms with Gasteiger partial charge in [0.25, 0.3) is 0 Å². The first-order valence-corrected chi connectivity index (χ1v) is 2.26. The van der Waals surface area contributed by atoms with Gasteiger partial charge in [-0.2, -0.15) is 24.6 Å². The third-order valence-corrected chi connectivity index (χ3v) is 0.843. The molecule has 0 radical (unpaired) electrons. The van der Waals surface area contributed by atoms with E-state index in [1.165, 1.54) is 0 Å². The van der Waals surface area contributed by atoms with Crippen LogP contribution in [0, 0.1) is 6.92 Å². The van der Waals surface area contributed by atoms with E-state index in [9.17, 15) is 0 Å². The maximum Gasteiger partial charge on any atom is 2.00 e. The van der Waals surface area contributed by atoms with Gasteiger partial charge in [-0.1, -0.05) is 6.07 Å². The second kappa shape index (κ2) is 6.38. The monoisotopic (exact) mass is 216 g/mol. The van der Waals surface area contributed by atoms with Crippen molar-refractivity contribution >= 4 is 0 Å². The van der Waals surface area contributed by atoms with Crippen molar-refractivity contribution in [1.82, 2.24) is 0 Å². The van der Waals surface area contributed by atoms with Crippen LogP contribution in [0.1, 0.15) is 5.56 Å². The molecule has 9 heavy (non-hydrogen) atoms. The van der Waals surface area contributed by atoms with Gasteiger partial charge in [0, 0.05) is 0 Å². The average molecular weight is 218 g/mol. The van der Waals surface area contributed by atoms with E-state index in [-0.39, 0.29) is 38.6 Å². The van der Waals surface area contributed by atoms with Crippen LogP contribution in [0.2, 0.25) is 0 Å². The minimum atomic E-state index is 0. The summed E-state index contributed by atoms with van der Waals surface area (Å²) in [6, 6.07) is 9.87. The normalized spacial score (nSPS) is 6.67. The Morgan fingerprint density at radius 1 is 1.00 bits per heavy atom. The Morgan fingerprint density at radius 2 is 1.44 bits per heavy atom. The molecule has 0 aliphatic rings. The molecule has 0 spiro atoms. The van der Waals surface area contributed by atoms with Crippen LogP contribution < -0.4 is 12.4 Å². The standard InChI is InChI=1S/C7H7.ClH.Zr/c1-7-5-3-2-4-6-7;;/h2-6H,1H2;1H;/q-1;;+2/p-1. The molecule has 0 aromatic heterocycles. The summed E-state index contributed by atoms with van der Waals surface area (Å²) in [7, 11) is 0.